The molecule has 4 aromatic rings. The molecule has 0 radical (unpaired) electrons. The second-order valence-electron chi connectivity index (χ2n) is 10.8. The van der Waals surface area contributed by atoms with Crippen LogP contribution in [-0.4, -0.2) is 65.5 Å². The zero-order valence-electron chi connectivity index (χ0n) is 23.0. The first-order valence-corrected chi connectivity index (χ1v) is 13.1. The number of carbonyl (C=O) groups excluding carboxylic acids is 2. The van der Waals surface area contributed by atoms with Crippen LogP contribution in [0.4, 0.5) is 20.7 Å². The van der Waals surface area contributed by atoms with Gasteiger partial charge in [0.2, 0.25) is 0 Å². The first-order chi connectivity index (χ1) is 19.1. The first kappa shape index (κ1) is 27.1. The third-order valence-corrected chi connectivity index (χ3v) is 6.48. The number of nitrogens with zero attached hydrogens (tertiary/aromatic N) is 4. The summed E-state index contributed by atoms with van der Waals surface area (Å²) in [7, 11) is 2.11. The van der Waals surface area contributed by atoms with Gasteiger partial charge in [-0.3, -0.25) is 4.79 Å². The summed E-state index contributed by atoms with van der Waals surface area (Å²) in [6.45, 7) is 9.11. The lowest BCUT2D eigenvalue weighted by Gasteiger charge is -2.34. The molecule has 208 valence electrons. The molecule has 0 atom stereocenters. The van der Waals surface area contributed by atoms with Gasteiger partial charge in [0.25, 0.3) is 5.91 Å². The van der Waals surface area contributed by atoms with Crippen molar-refractivity contribution in [2.24, 2.45) is 0 Å². The van der Waals surface area contributed by atoms with Gasteiger partial charge in [0.05, 0.1) is 5.52 Å². The van der Waals surface area contributed by atoms with E-state index in [0.717, 1.165) is 36.5 Å². The van der Waals surface area contributed by atoms with Crippen molar-refractivity contribution < 1.29 is 23.5 Å². The lowest BCUT2D eigenvalue weighted by atomic mass is 10.1. The van der Waals surface area contributed by atoms with Crippen LogP contribution in [0.15, 0.2) is 66.7 Å². The largest absolute Gasteiger partial charge is 0.457 e. The average Bonchev–Trinajstić information content (AvgIpc) is 3.26. The number of benzene rings is 3. The van der Waals surface area contributed by atoms with E-state index in [9.17, 15) is 14.0 Å². The van der Waals surface area contributed by atoms with Crippen molar-refractivity contribution >= 4 is 34.4 Å². The van der Waals surface area contributed by atoms with Gasteiger partial charge in [-0.2, -0.15) is 4.68 Å². The zero-order valence-corrected chi connectivity index (χ0v) is 23.0. The van der Waals surface area contributed by atoms with E-state index in [-0.39, 0.29) is 11.7 Å². The Balaban J connectivity index is 1.41. The number of rotatable bonds is 5. The Labute approximate surface area is 232 Å². The number of anilines is 2. The predicted octanol–water partition coefficient (Wildman–Crippen LogP) is 5.76. The summed E-state index contributed by atoms with van der Waals surface area (Å²) < 4.78 is 26.1. The van der Waals surface area contributed by atoms with Crippen LogP contribution in [0.25, 0.3) is 10.9 Å². The molecule has 1 aromatic heterocycles. The molecule has 1 amide bonds. The third-order valence-electron chi connectivity index (χ3n) is 6.48. The van der Waals surface area contributed by atoms with E-state index in [1.54, 1.807) is 63.2 Å². The van der Waals surface area contributed by atoms with Gasteiger partial charge in [0, 0.05) is 54.9 Å². The number of amides is 1. The van der Waals surface area contributed by atoms with Gasteiger partial charge in [-0.1, -0.05) is 6.07 Å². The van der Waals surface area contributed by atoms with E-state index >= 15 is 0 Å². The zero-order chi connectivity index (χ0) is 28.4. The molecule has 0 saturated carbocycles. The SMILES string of the molecule is CN1CCN(c2ccc(C(=O)Nc3nn(C(=O)OC(C)(C)C)c4cc(Oc5cccc(F)c5)ccc34)cc2)CC1. The first-order valence-electron chi connectivity index (χ1n) is 13.1. The minimum atomic E-state index is -0.764. The van der Waals surface area contributed by atoms with E-state index < -0.39 is 17.5 Å². The molecule has 0 bridgehead atoms. The summed E-state index contributed by atoms with van der Waals surface area (Å²) >= 11 is 0. The Bertz CT molecular complexity index is 1540. The maximum atomic E-state index is 13.6. The van der Waals surface area contributed by atoms with Crippen LogP contribution in [0.5, 0.6) is 11.5 Å². The van der Waals surface area contributed by atoms with Crippen LogP contribution in [0.1, 0.15) is 31.1 Å². The molecule has 10 heteroatoms. The molecule has 0 aliphatic carbocycles. The third kappa shape index (κ3) is 6.23. The fourth-order valence-corrected chi connectivity index (χ4v) is 4.43. The smallest absolute Gasteiger partial charge is 0.435 e. The molecular formula is C30H32FN5O4. The number of ether oxygens (including phenoxy) is 2. The fourth-order valence-electron chi connectivity index (χ4n) is 4.43. The number of carbonyl (C=O) groups is 2. The van der Waals surface area contributed by atoms with Crippen molar-refractivity contribution in [2.45, 2.75) is 26.4 Å². The molecule has 0 unspecified atom stereocenters. The highest BCUT2D eigenvalue weighted by Gasteiger charge is 2.24. The summed E-state index contributed by atoms with van der Waals surface area (Å²) in [5.41, 5.74) is 1.13. The van der Waals surface area contributed by atoms with Crippen molar-refractivity contribution in [1.29, 1.82) is 0 Å². The van der Waals surface area contributed by atoms with E-state index in [1.807, 2.05) is 12.1 Å². The molecule has 3 aromatic carbocycles. The molecule has 0 spiro atoms. The van der Waals surface area contributed by atoms with Crippen LogP contribution < -0.4 is 15.0 Å². The highest BCUT2D eigenvalue weighted by molar-refractivity contribution is 6.09. The second kappa shape index (κ2) is 11.0. The molecule has 40 heavy (non-hydrogen) atoms. The summed E-state index contributed by atoms with van der Waals surface area (Å²) in [5.74, 6) is 0.0717. The van der Waals surface area contributed by atoms with Gasteiger partial charge in [0.1, 0.15) is 22.9 Å². The van der Waals surface area contributed by atoms with E-state index in [4.69, 9.17) is 9.47 Å². The van der Waals surface area contributed by atoms with Crippen LogP contribution in [0.3, 0.4) is 0 Å². The molecule has 9 nitrogen and oxygen atoms in total. The van der Waals surface area contributed by atoms with Gasteiger partial charge in [0.15, 0.2) is 5.82 Å². The number of aromatic nitrogens is 2. The molecule has 1 fully saturated rings. The highest BCUT2D eigenvalue weighted by Crippen LogP contribution is 2.31. The van der Waals surface area contributed by atoms with Crippen LogP contribution in [0.2, 0.25) is 0 Å². The maximum absolute atomic E-state index is 13.6. The van der Waals surface area contributed by atoms with Crippen molar-refractivity contribution in [3.05, 3.63) is 78.1 Å². The summed E-state index contributed by atoms with van der Waals surface area (Å²) in [4.78, 5) is 30.8. The molecule has 2 heterocycles. The number of fused-ring (bicyclic) bond motifs is 1. The lowest BCUT2D eigenvalue weighted by molar-refractivity contribution is 0.0522. The van der Waals surface area contributed by atoms with Gasteiger partial charge >= 0.3 is 6.09 Å². The lowest BCUT2D eigenvalue weighted by Crippen LogP contribution is -2.44. The molecule has 1 aliphatic rings. The van der Waals surface area contributed by atoms with Crippen molar-refractivity contribution in [3.63, 3.8) is 0 Å². The Kier molecular flexibility index (Phi) is 7.44. The number of hydrogen-bond acceptors (Lipinski definition) is 7. The Morgan fingerprint density at radius 1 is 0.925 bits per heavy atom. The van der Waals surface area contributed by atoms with Gasteiger partial charge in [-0.15, -0.1) is 5.10 Å². The summed E-state index contributed by atoms with van der Waals surface area (Å²) in [6.07, 6.45) is -0.711. The predicted molar refractivity (Wildman–Crippen MR) is 152 cm³/mol. The number of likely N-dealkylation sites (N-methyl/N-ethyl adjacent to an activating group) is 1. The van der Waals surface area contributed by atoms with Crippen LogP contribution >= 0.6 is 0 Å². The fraction of sp³-hybridized carbons (Fsp3) is 0.300. The van der Waals surface area contributed by atoms with Gasteiger partial charge in [-0.05, 0) is 76.3 Å². The summed E-state index contributed by atoms with van der Waals surface area (Å²) in [5, 5.41) is 7.73. The Morgan fingerprint density at radius 3 is 2.30 bits per heavy atom. The molecule has 5 rings (SSSR count). The number of piperazine rings is 1. The van der Waals surface area contributed by atoms with Crippen LogP contribution in [-0.2, 0) is 4.74 Å². The summed E-state index contributed by atoms with van der Waals surface area (Å²) in [6, 6.07) is 18.1. The normalized spacial score (nSPS) is 14.3. The van der Waals surface area contributed by atoms with Crippen LogP contribution in [0, 0.1) is 5.82 Å². The van der Waals surface area contributed by atoms with Crippen molar-refractivity contribution in [1.82, 2.24) is 14.7 Å². The van der Waals surface area contributed by atoms with Crippen molar-refractivity contribution in [3.8, 4) is 11.5 Å². The Morgan fingerprint density at radius 2 is 1.62 bits per heavy atom. The Hall–Kier alpha value is -4.44. The average molecular weight is 546 g/mol. The highest BCUT2D eigenvalue weighted by atomic mass is 19.1. The van der Waals surface area contributed by atoms with Gasteiger partial charge in [-0.25, -0.2) is 9.18 Å². The minimum absolute atomic E-state index is 0.200. The maximum Gasteiger partial charge on any atom is 0.435 e. The number of halogens is 1. The minimum Gasteiger partial charge on any atom is -0.457 e. The molecule has 1 saturated heterocycles. The standard InChI is InChI=1S/C30H32FN5O4/c1-30(2,3)40-29(38)36-26-19-24(39-23-7-5-6-21(31)18-23)12-13-25(26)27(33-36)32-28(37)20-8-10-22(11-9-20)35-16-14-34(4)15-17-35/h5-13,18-19H,14-17H2,1-4H3,(H,32,33,37). The molecule has 1 N–H and O–H groups in total. The monoisotopic (exact) mass is 545 g/mol. The quantitative estimate of drug-likeness (QED) is 0.341. The van der Waals surface area contributed by atoms with Crippen molar-refractivity contribution in [2.75, 3.05) is 43.4 Å². The number of nitrogens with one attached hydrogen (secondary N) is 1. The second-order valence-corrected chi connectivity index (χ2v) is 10.8. The van der Waals surface area contributed by atoms with E-state index in [0.29, 0.717) is 28.0 Å². The van der Waals surface area contributed by atoms with E-state index in [1.165, 1.54) is 12.1 Å². The van der Waals surface area contributed by atoms with Gasteiger partial charge < -0.3 is 24.6 Å². The molecular weight excluding hydrogens is 513 g/mol. The topological polar surface area (TPSA) is 88.9 Å². The molecule has 1 aliphatic heterocycles. The number of hydrogen-bond donors (Lipinski definition) is 1. The van der Waals surface area contributed by atoms with E-state index in [2.05, 4.69) is 27.3 Å².